The Morgan fingerprint density at radius 3 is 1.47 bits per heavy atom. The standard InChI is InChI=1S/C15H19ClNPSi/c1-19(2,3)17-18(16,14-10-6-4-7-11-14)15-12-8-5-9-13-15/h4-13H,1-3H3. The van der Waals surface area contributed by atoms with Crippen molar-refractivity contribution in [1.29, 1.82) is 0 Å². The van der Waals surface area contributed by atoms with Gasteiger partial charge in [0.1, 0.15) is 6.41 Å². The third kappa shape index (κ3) is 3.59. The quantitative estimate of drug-likeness (QED) is 0.569. The minimum atomic E-state index is -2.14. The fourth-order valence-corrected chi connectivity index (χ4v) is 10.3. The SMILES string of the molecule is C[Si](C)(C)N=P(Cl)(c1ccccc1)c1ccccc1. The highest BCUT2D eigenvalue weighted by molar-refractivity contribution is 8.02. The number of hydrogen-bond donors (Lipinski definition) is 0. The molecule has 100 valence electrons. The third-order valence-electron chi connectivity index (χ3n) is 2.63. The summed E-state index contributed by atoms with van der Waals surface area (Å²) in [6, 6.07) is 20.6. The summed E-state index contributed by atoms with van der Waals surface area (Å²) in [6.07, 6.45) is -2.14. The molecule has 4 heteroatoms. The second-order valence-corrected chi connectivity index (χ2v) is 14.3. The van der Waals surface area contributed by atoms with Gasteiger partial charge in [-0.05, 0) is 0 Å². The zero-order valence-corrected chi connectivity index (χ0v) is 14.2. The molecule has 19 heavy (non-hydrogen) atoms. The van der Waals surface area contributed by atoms with E-state index in [0.29, 0.717) is 0 Å². The van der Waals surface area contributed by atoms with Gasteiger partial charge in [-0.3, -0.25) is 0 Å². The molecule has 1 nitrogen and oxygen atoms in total. The van der Waals surface area contributed by atoms with Crippen LogP contribution in [0, 0.1) is 0 Å². The number of rotatable bonds is 3. The maximum Gasteiger partial charge on any atom is 0.172 e. The average Bonchev–Trinajstić information content (AvgIpc) is 2.39. The predicted octanol–water partition coefficient (Wildman–Crippen LogP) is 4.83. The smallest absolute Gasteiger partial charge is 0.172 e. The zero-order valence-electron chi connectivity index (χ0n) is 11.5. The highest BCUT2D eigenvalue weighted by atomic mass is 35.7. The molecule has 0 spiro atoms. The van der Waals surface area contributed by atoms with Crippen molar-refractivity contribution in [2.45, 2.75) is 19.6 Å². The molecule has 0 unspecified atom stereocenters. The van der Waals surface area contributed by atoms with Crippen LogP contribution in [0.25, 0.3) is 0 Å². The van der Waals surface area contributed by atoms with Crippen molar-refractivity contribution in [1.82, 2.24) is 0 Å². The van der Waals surface area contributed by atoms with E-state index in [1.807, 2.05) is 36.4 Å². The Labute approximate surface area is 121 Å². The summed E-state index contributed by atoms with van der Waals surface area (Å²) in [6.45, 7) is 6.70. The van der Waals surface area contributed by atoms with E-state index in [2.05, 4.69) is 43.9 Å². The van der Waals surface area contributed by atoms with E-state index in [1.165, 1.54) is 0 Å². The van der Waals surface area contributed by atoms with Crippen LogP contribution in [0.1, 0.15) is 0 Å². The summed E-state index contributed by atoms with van der Waals surface area (Å²) in [5.74, 6) is 0. The van der Waals surface area contributed by atoms with Gasteiger partial charge in [0.25, 0.3) is 0 Å². The molecule has 0 aliphatic rings. The van der Waals surface area contributed by atoms with E-state index in [0.717, 1.165) is 10.6 Å². The monoisotopic (exact) mass is 307 g/mol. The largest absolute Gasteiger partial charge is 0.317 e. The average molecular weight is 308 g/mol. The van der Waals surface area contributed by atoms with E-state index in [1.54, 1.807) is 0 Å². The normalized spacial score (nSPS) is 12.2. The molecule has 2 aromatic rings. The molecule has 0 aliphatic carbocycles. The highest BCUT2D eigenvalue weighted by Gasteiger charge is 2.25. The Kier molecular flexibility index (Phi) is 4.35. The lowest BCUT2D eigenvalue weighted by molar-refractivity contribution is 1.59. The second kappa shape index (κ2) is 5.66. The minimum absolute atomic E-state index is 1.14. The molecule has 0 fully saturated rings. The molecule has 0 N–H and O–H groups in total. The van der Waals surface area contributed by atoms with Crippen LogP contribution in [-0.2, 0) is 0 Å². The minimum Gasteiger partial charge on any atom is -0.317 e. The lowest BCUT2D eigenvalue weighted by Gasteiger charge is -2.23. The third-order valence-corrected chi connectivity index (χ3v) is 9.95. The first kappa shape index (κ1) is 14.6. The van der Waals surface area contributed by atoms with E-state index in [-0.39, 0.29) is 0 Å². The first-order valence-electron chi connectivity index (χ1n) is 6.36. The second-order valence-electron chi connectivity index (χ2n) is 5.50. The molecule has 0 heterocycles. The molecule has 0 saturated carbocycles. The molecule has 0 bridgehead atoms. The van der Waals surface area contributed by atoms with Crippen LogP contribution in [0.5, 0.6) is 0 Å². The van der Waals surface area contributed by atoms with Gasteiger partial charge in [0.2, 0.25) is 0 Å². The van der Waals surface area contributed by atoms with Crippen LogP contribution < -0.4 is 10.6 Å². The first-order valence-corrected chi connectivity index (χ1v) is 12.5. The van der Waals surface area contributed by atoms with Crippen molar-refractivity contribution in [3.63, 3.8) is 0 Å². The fourth-order valence-electron chi connectivity index (χ4n) is 1.93. The van der Waals surface area contributed by atoms with Crippen LogP contribution in [-0.4, -0.2) is 8.24 Å². The summed E-state index contributed by atoms with van der Waals surface area (Å²) in [5, 5.41) is 2.29. The van der Waals surface area contributed by atoms with Crippen LogP contribution in [0.15, 0.2) is 65.1 Å². The molecule has 0 amide bonds. The van der Waals surface area contributed by atoms with Crippen molar-refractivity contribution < 1.29 is 0 Å². The lowest BCUT2D eigenvalue weighted by atomic mass is 10.4. The van der Waals surface area contributed by atoms with E-state index >= 15 is 0 Å². The van der Waals surface area contributed by atoms with Gasteiger partial charge in [-0.1, -0.05) is 91.5 Å². The molecule has 2 rings (SSSR count). The van der Waals surface area contributed by atoms with Crippen LogP contribution >= 0.6 is 17.6 Å². The molecular formula is C15H19ClNPSi. The fraction of sp³-hybridized carbons (Fsp3) is 0.200. The van der Waals surface area contributed by atoms with E-state index < -0.39 is 14.6 Å². The summed E-state index contributed by atoms with van der Waals surface area (Å²) < 4.78 is 5.10. The maximum atomic E-state index is 7.05. The molecule has 0 atom stereocenters. The number of benzene rings is 2. The van der Waals surface area contributed by atoms with Gasteiger partial charge in [0.05, 0.1) is 0 Å². The lowest BCUT2D eigenvalue weighted by Crippen LogP contribution is -2.21. The van der Waals surface area contributed by atoms with Crippen molar-refractivity contribution in [2.75, 3.05) is 0 Å². The Bertz CT molecular complexity index is 547. The zero-order chi connectivity index (χ0) is 13.9. The predicted molar refractivity (Wildman–Crippen MR) is 90.7 cm³/mol. The van der Waals surface area contributed by atoms with Gasteiger partial charge in [-0.25, -0.2) is 0 Å². The van der Waals surface area contributed by atoms with Crippen molar-refractivity contribution in [3.8, 4) is 0 Å². The molecule has 0 aromatic heterocycles. The van der Waals surface area contributed by atoms with Gasteiger partial charge in [-0.15, -0.1) is 0 Å². The van der Waals surface area contributed by atoms with Crippen molar-refractivity contribution in [3.05, 3.63) is 60.7 Å². The van der Waals surface area contributed by atoms with Gasteiger partial charge in [0, 0.05) is 10.6 Å². The first-order chi connectivity index (χ1) is 8.92. The number of nitrogens with zero attached hydrogens (tertiary/aromatic N) is 1. The molecule has 0 radical (unpaired) electrons. The molecular weight excluding hydrogens is 289 g/mol. The Morgan fingerprint density at radius 1 is 0.789 bits per heavy atom. The maximum absolute atomic E-state index is 7.05. The van der Waals surface area contributed by atoms with Crippen molar-refractivity contribution >= 4 is 36.5 Å². The number of hydrogen-bond acceptors (Lipinski definition) is 1. The van der Waals surface area contributed by atoms with Gasteiger partial charge in [-0.2, -0.15) is 0 Å². The Morgan fingerprint density at radius 2 is 1.16 bits per heavy atom. The number of halogens is 1. The van der Waals surface area contributed by atoms with Gasteiger partial charge >= 0.3 is 0 Å². The van der Waals surface area contributed by atoms with E-state index in [4.69, 9.17) is 15.7 Å². The Balaban J connectivity index is 2.69. The van der Waals surface area contributed by atoms with Gasteiger partial charge < -0.3 is 4.41 Å². The van der Waals surface area contributed by atoms with Crippen LogP contribution in [0.2, 0.25) is 19.6 Å². The summed E-state index contributed by atoms with van der Waals surface area (Å²) in [5.41, 5.74) is 0. The Hall–Kier alpha value is -0.823. The van der Waals surface area contributed by atoms with E-state index in [9.17, 15) is 0 Å². The topological polar surface area (TPSA) is 12.4 Å². The highest BCUT2D eigenvalue weighted by Crippen LogP contribution is 2.53. The van der Waals surface area contributed by atoms with Crippen LogP contribution in [0.3, 0.4) is 0 Å². The van der Waals surface area contributed by atoms with Gasteiger partial charge in [0.15, 0.2) is 8.24 Å². The molecule has 2 aromatic carbocycles. The molecule has 0 aliphatic heterocycles. The summed E-state index contributed by atoms with van der Waals surface area (Å²) in [4.78, 5) is 0. The summed E-state index contributed by atoms with van der Waals surface area (Å²) >= 11 is 7.05. The van der Waals surface area contributed by atoms with Crippen LogP contribution in [0.4, 0.5) is 0 Å². The molecule has 0 saturated heterocycles. The summed E-state index contributed by atoms with van der Waals surface area (Å²) in [7, 11) is -1.62. The van der Waals surface area contributed by atoms with Crippen molar-refractivity contribution in [2.24, 2.45) is 4.41 Å².